The minimum atomic E-state index is -0.852. The highest BCUT2D eigenvalue weighted by molar-refractivity contribution is 5.85. The van der Waals surface area contributed by atoms with Gasteiger partial charge in [-0.15, -0.1) is 0 Å². The molecule has 0 bridgehead atoms. The second-order valence-electron chi connectivity index (χ2n) is 5.56. The van der Waals surface area contributed by atoms with E-state index in [0.717, 1.165) is 18.8 Å². The lowest BCUT2D eigenvalue weighted by atomic mass is 9.80. The molecule has 2 aliphatic rings. The Kier molecular flexibility index (Phi) is 4.23. The normalized spacial score (nSPS) is 24.0. The van der Waals surface area contributed by atoms with Crippen molar-refractivity contribution in [3.63, 3.8) is 0 Å². The van der Waals surface area contributed by atoms with Gasteiger partial charge in [0.25, 0.3) is 0 Å². The van der Waals surface area contributed by atoms with E-state index >= 15 is 0 Å². The zero-order chi connectivity index (χ0) is 13.0. The van der Waals surface area contributed by atoms with Gasteiger partial charge in [0.1, 0.15) is 5.41 Å². The fourth-order valence-corrected chi connectivity index (χ4v) is 2.52. The molecule has 1 unspecified atom stereocenters. The third-order valence-corrected chi connectivity index (χ3v) is 4.14. The number of carbonyl (C=O) groups excluding carboxylic acids is 1. The molecule has 2 fully saturated rings. The number of rotatable bonds is 5. The van der Waals surface area contributed by atoms with Gasteiger partial charge in [-0.3, -0.25) is 4.79 Å². The summed E-state index contributed by atoms with van der Waals surface area (Å²) in [5.41, 5.74) is -0.852. The van der Waals surface area contributed by atoms with Crippen molar-refractivity contribution < 1.29 is 9.53 Å². The van der Waals surface area contributed by atoms with Gasteiger partial charge in [-0.2, -0.15) is 5.26 Å². The predicted molar refractivity (Wildman–Crippen MR) is 67.7 cm³/mol. The molecule has 1 amide bonds. The van der Waals surface area contributed by atoms with Gasteiger partial charge >= 0.3 is 0 Å². The Bertz CT molecular complexity index is 338. The van der Waals surface area contributed by atoms with Crippen molar-refractivity contribution in [2.75, 3.05) is 13.2 Å². The van der Waals surface area contributed by atoms with Crippen molar-refractivity contribution in [1.82, 2.24) is 5.32 Å². The second kappa shape index (κ2) is 5.71. The molecule has 1 atom stereocenters. The Morgan fingerprint density at radius 1 is 1.50 bits per heavy atom. The minimum Gasteiger partial charge on any atom is -0.381 e. The molecule has 1 aliphatic carbocycles. The highest BCUT2D eigenvalue weighted by atomic mass is 16.5. The summed E-state index contributed by atoms with van der Waals surface area (Å²) in [6.07, 6.45) is 5.65. The van der Waals surface area contributed by atoms with Crippen LogP contribution in [0.1, 0.15) is 45.4 Å². The first kappa shape index (κ1) is 13.4. The number of carbonyl (C=O) groups is 1. The molecule has 0 spiro atoms. The number of ether oxygens (including phenoxy) is 1. The largest absolute Gasteiger partial charge is 0.381 e. The lowest BCUT2D eigenvalue weighted by Gasteiger charge is -2.31. The van der Waals surface area contributed by atoms with Crippen LogP contribution in [0, 0.1) is 22.7 Å². The summed E-state index contributed by atoms with van der Waals surface area (Å²) in [4.78, 5) is 12.3. The monoisotopic (exact) mass is 250 g/mol. The van der Waals surface area contributed by atoms with E-state index in [1.165, 1.54) is 12.8 Å². The lowest BCUT2D eigenvalue weighted by molar-refractivity contribution is -0.133. The van der Waals surface area contributed by atoms with Gasteiger partial charge in [-0.05, 0) is 31.6 Å². The summed E-state index contributed by atoms with van der Waals surface area (Å²) in [6.45, 7) is 3.12. The van der Waals surface area contributed by atoms with Crippen LogP contribution in [-0.2, 0) is 9.53 Å². The molecular formula is C14H22N2O2. The molecule has 0 radical (unpaired) electrons. The molecule has 1 saturated heterocycles. The van der Waals surface area contributed by atoms with Crippen molar-refractivity contribution in [2.24, 2.45) is 11.3 Å². The van der Waals surface area contributed by atoms with Gasteiger partial charge in [-0.1, -0.05) is 19.8 Å². The Balaban J connectivity index is 1.93. The van der Waals surface area contributed by atoms with E-state index in [1.807, 2.05) is 0 Å². The van der Waals surface area contributed by atoms with Crippen LogP contribution in [0.15, 0.2) is 0 Å². The molecule has 4 heteroatoms. The summed E-state index contributed by atoms with van der Waals surface area (Å²) in [5.74, 6) is 0.712. The zero-order valence-electron chi connectivity index (χ0n) is 11.1. The Morgan fingerprint density at radius 2 is 2.17 bits per heavy atom. The van der Waals surface area contributed by atoms with E-state index in [2.05, 4.69) is 18.3 Å². The van der Waals surface area contributed by atoms with Crippen molar-refractivity contribution in [3.8, 4) is 6.07 Å². The first-order valence-electron chi connectivity index (χ1n) is 7.00. The summed E-state index contributed by atoms with van der Waals surface area (Å²) >= 11 is 0. The molecule has 0 aromatic heterocycles. The molecule has 0 aromatic rings. The van der Waals surface area contributed by atoms with Crippen molar-refractivity contribution in [1.29, 1.82) is 5.26 Å². The molecular weight excluding hydrogens is 228 g/mol. The van der Waals surface area contributed by atoms with Gasteiger partial charge in [0.05, 0.1) is 6.07 Å². The quantitative estimate of drug-likeness (QED) is 0.811. The molecule has 2 rings (SSSR count). The van der Waals surface area contributed by atoms with E-state index in [0.29, 0.717) is 26.1 Å². The Hall–Kier alpha value is -1.08. The first-order chi connectivity index (χ1) is 8.70. The minimum absolute atomic E-state index is 0.0826. The van der Waals surface area contributed by atoms with Gasteiger partial charge in [0.15, 0.2) is 0 Å². The van der Waals surface area contributed by atoms with Crippen LogP contribution in [-0.4, -0.2) is 25.2 Å². The van der Waals surface area contributed by atoms with E-state index in [-0.39, 0.29) is 11.9 Å². The standard InChI is InChI=1S/C14H22N2O2/c1-2-12(9-11-3-4-11)16-13(17)14(10-15)5-7-18-8-6-14/h11-12H,2-9H2,1H3,(H,16,17). The van der Waals surface area contributed by atoms with Crippen molar-refractivity contribution >= 4 is 5.91 Å². The average molecular weight is 250 g/mol. The molecule has 18 heavy (non-hydrogen) atoms. The Labute approximate surface area is 109 Å². The maximum Gasteiger partial charge on any atom is 0.240 e. The van der Waals surface area contributed by atoms with Crippen LogP contribution >= 0.6 is 0 Å². The van der Waals surface area contributed by atoms with E-state index in [4.69, 9.17) is 4.74 Å². The van der Waals surface area contributed by atoms with Crippen LogP contribution in [0.2, 0.25) is 0 Å². The number of amides is 1. The smallest absolute Gasteiger partial charge is 0.240 e. The first-order valence-corrected chi connectivity index (χ1v) is 7.00. The molecule has 1 heterocycles. The highest BCUT2D eigenvalue weighted by Gasteiger charge is 2.41. The molecule has 4 nitrogen and oxygen atoms in total. The zero-order valence-corrected chi connectivity index (χ0v) is 11.1. The number of nitrogens with zero attached hydrogens (tertiary/aromatic N) is 1. The van der Waals surface area contributed by atoms with Gasteiger partial charge in [-0.25, -0.2) is 0 Å². The van der Waals surface area contributed by atoms with Gasteiger partial charge in [0, 0.05) is 19.3 Å². The fourth-order valence-electron chi connectivity index (χ4n) is 2.52. The lowest BCUT2D eigenvalue weighted by Crippen LogP contribution is -2.47. The topological polar surface area (TPSA) is 62.1 Å². The molecule has 1 saturated carbocycles. The van der Waals surface area contributed by atoms with Gasteiger partial charge < -0.3 is 10.1 Å². The molecule has 1 N–H and O–H groups in total. The van der Waals surface area contributed by atoms with Crippen molar-refractivity contribution in [3.05, 3.63) is 0 Å². The second-order valence-corrected chi connectivity index (χ2v) is 5.56. The van der Waals surface area contributed by atoms with Crippen LogP contribution < -0.4 is 5.32 Å². The number of nitriles is 1. The van der Waals surface area contributed by atoms with Crippen LogP contribution in [0.4, 0.5) is 0 Å². The maximum absolute atomic E-state index is 12.3. The number of hydrogen-bond acceptors (Lipinski definition) is 3. The van der Waals surface area contributed by atoms with E-state index < -0.39 is 5.41 Å². The number of nitrogens with one attached hydrogen (secondary N) is 1. The van der Waals surface area contributed by atoms with Gasteiger partial charge in [0.2, 0.25) is 5.91 Å². The van der Waals surface area contributed by atoms with E-state index in [1.54, 1.807) is 0 Å². The van der Waals surface area contributed by atoms with Crippen molar-refractivity contribution in [2.45, 2.75) is 51.5 Å². The summed E-state index contributed by atoms with van der Waals surface area (Å²) in [6, 6.07) is 2.46. The predicted octanol–water partition coefficient (Wildman–Crippen LogP) is 2.00. The highest BCUT2D eigenvalue weighted by Crippen LogP contribution is 2.35. The SMILES string of the molecule is CCC(CC1CC1)NC(=O)C1(C#N)CCOCC1. The molecule has 100 valence electrons. The molecule has 0 aromatic carbocycles. The van der Waals surface area contributed by atoms with E-state index in [9.17, 15) is 10.1 Å². The van der Waals surface area contributed by atoms with Crippen LogP contribution in [0.5, 0.6) is 0 Å². The Morgan fingerprint density at radius 3 is 2.67 bits per heavy atom. The third-order valence-electron chi connectivity index (χ3n) is 4.14. The average Bonchev–Trinajstić information content (AvgIpc) is 3.22. The summed E-state index contributed by atoms with van der Waals surface area (Å²) in [5, 5.41) is 12.4. The summed E-state index contributed by atoms with van der Waals surface area (Å²) < 4.78 is 5.25. The fraction of sp³-hybridized carbons (Fsp3) is 0.857. The van der Waals surface area contributed by atoms with Crippen LogP contribution in [0.3, 0.4) is 0 Å². The number of hydrogen-bond donors (Lipinski definition) is 1. The maximum atomic E-state index is 12.3. The third kappa shape index (κ3) is 3.02. The summed E-state index contributed by atoms with van der Waals surface area (Å²) in [7, 11) is 0. The van der Waals surface area contributed by atoms with Crippen LogP contribution in [0.25, 0.3) is 0 Å². The molecule has 1 aliphatic heterocycles.